The van der Waals surface area contributed by atoms with E-state index in [2.05, 4.69) is 15.5 Å². The Balaban J connectivity index is 2.71. The van der Waals surface area contributed by atoms with E-state index >= 15 is 0 Å². The molecule has 7 nitrogen and oxygen atoms in total. The number of nitrogens with one attached hydrogen (secondary N) is 1. The van der Waals surface area contributed by atoms with Gasteiger partial charge < -0.3 is 10.4 Å². The molecule has 8 heteroatoms. The van der Waals surface area contributed by atoms with Gasteiger partial charge in [-0.25, -0.2) is 13.2 Å². The van der Waals surface area contributed by atoms with Gasteiger partial charge in [0, 0.05) is 12.8 Å². The van der Waals surface area contributed by atoms with Crippen LogP contribution in [0.15, 0.2) is 12.3 Å². The van der Waals surface area contributed by atoms with Crippen molar-refractivity contribution in [3.63, 3.8) is 0 Å². The number of aromatic nitrogens is 2. The van der Waals surface area contributed by atoms with Crippen LogP contribution < -0.4 is 5.32 Å². The third-order valence-corrected chi connectivity index (χ3v) is 2.66. The zero-order valence-electron chi connectivity index (χ0n) is 8.54. The topological polar surface area (TPSA) is 109 Å². The van der Waals surface area contributed by atoms with Crippen molar-refractivity contribution < 1.29 is 18.3 Å². The summed E-state index contributed by atoms with van der Waals surface area (Å²) in [6.07, 6.45) is 2.36. The fraction of sp³-hybridized carbons (Fsp3) is 0.375. The van der Waals surface area contributed by atoms with Crippen LogP contribution in [0, 0.1) is 0 Å². The zero-order valence-corrected chi connectivity index (χ0v) is 9.36. The van der Waals surface area contributed by atoms with Gasteiger partial charge in [-0.15, -0.1) is 5.10 Å². The molecule has 16 heavy (non-hydrogen) atoms. The molecule has 0 aliphatic carbocycles. The molecule has 2 N–H and O–H groups in total. The molecule has 88 valence electrons. The summed E-state index contributed by atoms with van der Waals surface area (Å²) in [5, 5.41) is 18.5. The summed E-state index contributed by atoms with van der Waals surface area (Å²) in [6.45, 7) is 0.0950. The van der Waals surface area contributed by atoms with Crippen LogP contribution in [-0.2, 0) is 9.84 Å². The maximum Gasteiger partial charge on any atom is 0.339 e. The number of carbonyl (C=O) groups is 1. The molecular formula is C8H11N3O4S. The van der Waals surface area contributed by atoms with Gasteiger partial charge in [-0.3, -0.25) is 0 Å². The normalized spacial score (nSPS) is 11.1. The molecule has 1 aromatic rings. The molecule has 0 saturated heterocycles. The third kappa shape index (κ3) is 3.81. The van der Waals surface area contributed by atoms with E-state index in [4.69, 9.17) is 5.11 Å². The van der Waals surface area contributed by atoms with E-state index in [1.807, 2.05) is 0 Å². The zero-order chi connectivity index (χ0) is 12.2. The molecule has 1 rings (SSSR count). The molecule has 0 aliphatic rings. The first-order valence-electron chi connectivity index (χ1n) is 4.37. The predicted molar refractivity (Wildman–Crippen MR) is 57.2 cm³/mol. The van der Waals surface area contributed by atoms with Crippen LogP contribution in [0.5, 0.6) is 0 Å². The molecule has 0 radical (unpaired) electrons. The van der Waals surface area contributed by atoms with Gasteiger partial charge in [0.2, 0.25) is 0 Å². The fourth-order valence-corrected chi connectivity index (χ4v) is 1.46. The highest BCUT2D eigenvalue weighted by Gasteiger charge is 2.11. The second-order valence-corrected chi connectivity index (χ2v) is 5.42. The highest BCUT2D eigenvalue weighted by Crippen LogP contribution is 2.09. The number of carboxylic acid groups (broad SMARTS) is 1. The van der Waals surface area contributed by atoms with E-state index in [9.17, 15) is 13.2 Å². The Bertz CT molecular complexity index is 486. The van der Waals surface area contributed by atoms with Crippen molar-refractivity contribution in [3.05, 3.63) is 17.8 Å². The molecule has 0 unspecified atom stereocenters. The molecule has 0 amide bonds. The molecule has 0 fully saturated rings. The standard InChI is InChI=1S/C8H11N3O4S/c1-16(14,15)5-4-9-7-6(8(12)13)2-3-10-11-7/h2-3H,4-5H2,1H3,(H,9,11)(H,12,13). The fourth-order valence-electron chi connectivity index (χ4n) is 0.990. The minimum Gasteiger partial charge on any atom is -0.478 e. The van der Waals surface area contributed by atoms with Crippen molar-refractivity contribution in [3.8, 4) is 0 Å². The maximum absolute atomic E-state index is 10.8. The summed E-state index contributed by atoms with van der Waals surface area (Å²) >= 11 is 0. The van der Waals surface area contributed by atoms with Crippen molar-refractivity contribution in [2.45, 2.75) is 0 Å². The lowest BCUT2D eigenvalue weighted by molar-refractivity contribution is 0.0697. The minimum atomic E-state index is -3.09. The van der Waals surface area contributed by atoms with Gasteiger partial charge in [0.25, 0.3) is 0 Å². The lowest BCUT2D eigenvalue weighted by Crippen LogP contribution is -2.17. The number of rotatable bonds is 5. The van der Waals surface area contributed by atoms with Crippen LogP contribution in [0.25, 0.3) is 0 Å². The summed E-state index contributed by atoms with van der Waals surface area (Å²) in [6, 6.07) is 1.29. The van der Waals surface area contributed by atoms with Crippen LogP contribution in [0.4, 0.5) is 5.82 Å². The van der Waals surface area contributed by atoms with Crippen molar-refractivity contribution in [2.75, 3.05) is 23.9 Å². The number of nitrogens with zero attached hydrogens (tertiary/aromatic N) is 2. The molecule has 0 spiro atoms. The molecule has 0 bridgehead atoms. The lowest BCUT2D eigenvalue weighted by atomic mass is 10.3. The van der Waals surface area contributed by atoms with E-state index in [1.54, 1.807) is 0 Å². The molecule has 0 aliphatic heterocycles. The van der Waals surface area contributed by atoms with Gasteiger partial charge in [0.15, 0.2) is 5.82 Å². The molecule has 0 saturated carbocycles. The van der Waals surface area contributed by atoms with Gasteiger partial charge in [-0.1, -0.05) is 0 Å². The van der Waals surface area contributed by atoms with E-state index in [0.29, 0.717) is 0 Å². The Kier molecular flexibility index (Phi) is 3.78. The number of aromatic carboxylic acids is 1. The maximum atomic E-state index is 10.8. The number of carboxylic acids is 1. The van der Waals surface area contributed by atoms with Crippen LogP contribution >= 0.6 is 0 Å². The van der Waals surface area contributed by atoms with Crippen LogP contribution in [0.2, 0.25) is 0 Å². The van der Waals surface area contributed by atoms with Gasteiger partial charge in [-0.05, 0) is 6.07 Å². The van der Waals surface area contributed by atoms with Crippen molar-refractivity contribution in [1.29, 1.82) is 0 Å². The van der Waals surface area contributed by atoms with Crippen molar-refractivity contribution in [1.82, 2.24) is 10.2 Å². The Morgan fingerprint density at radius 2 is 2.25 bits per heavy atom. The van der Waals surface area contributed by atoms with Crippen molar-refractivity contribution in [2.24, 2.45) is 0 Å². The Hall–Kier alpha value is -1.70. The number of hydrogen-bond acceptors (Lipinski definition) is 6. The SMILES string of the molecule is CS(=O)(=O)CCNc1nnccc1C(=O)O. The lowest BCUT2D eigenvalue weighted by Gasteiger charge is -2.05. The molecular weight excluding hydrogens is 234 g/mol. The summed E-state index contributed by atoms with van der Waals surface area (Å²) in [7, 11) is -3.09. The Labute approximate surface area is 92.4 Å². The van der Waals surface area contributed by atoms with Gasteiger partial charge in [0.1, 0.15) is 15.4 Å². The molecule has 0 atom stereocenters. The summed E-state index contributed by atoms with van der Waals surface area (Å²) in [4.78, 5) is 10.8. The highest BCUT2D eigenvalue weighted by molar-refractivity contribution is 7.90. The monoisotopic (exact) mass is 245 g/mol. The highest BCUT2D eigenvalue weighted by atomic mass is 32.2. The predicted octanol–water partition coefficient (Wildman–Crippen LogP) is -0.369. The van der Waals surface area contributed by atoms with E-state index in [1.165, 1.54) is 12.3 Å². The van der Waals surface area contributed by atoms with Crippen LogP contribution in [0.1, 0.15) is 10.4 Å². The number of hydrogen-bond donors (Lipinski definition) is 2. The summed E-state index contributed by atoms with van der Waals surface area (Å²) < 4.78 is 21.7. The number of anilines is 1. The van der Waals surface area contributed by atoms with E-state index < -0.39 is 15.8 Å². The molecule has 0 aromatic carbocycles. The quantitative estimate of drug-likeness (QED) is 0.728. The van der Waals surface area contributed by atoms with Crippen LogP contribution in [0.3, 0.4) is 0 Å². The first kappa shape index (κ1) is 12.4. The average molecular weight is 245 g/mol. The van der Waals surface area contributed by atoms with Gasteiger partial charge in [0.05, 0.1) is 11.9 Å². The third-order valence-electron chi connectivity index (χ3n) is 1.72. The Morgan fingerprint density at radius 1 is 1.56 bits per heavy atom. The smallest absolute Gasteiger partial charge is 0.339 e. The molecule has 1 aromatic heterocycles. The largest absolute Gasteiger partial charge is 0.478 e. The molecule has 1 heterocycles. The van der Waals surface area contributed by atoms with Gasteiger partial charge in [-0.2, -0.15) is 5.10 Å². The van der Waals surface area contributed by atoms with Crippen molar-refractivity contribution >= 4 is 21.6 Å². The first-order chi connectivity index (χ1) is 7.40. The van der Waals surface area contributed by atoms with Crippen LogP contribution in [-0.4, -0.2) is 48.2 Å². The minimum absolute atomic E-state index is 0.0384. The second kappa shape index (κ2) is 4.88. The van der Waals surface area contributed by atoms with E-state index in [-0.39, 0.29) is 23.7 Å². The summed E-state index contributed by atoms with van der Waals surface area (Å²) in [5.74, 6) is -1.17. The van der Waals surface area contributed by atoms with Gasteiger partial charge >= 0.3 is 5.97 Å². The average Bonchev–Trinajstić information content (AvgIpc) is 2.16. The first-order valence-corrected chi connectivity index (χ1v) is 6.43. The Morgan fingerprint density at radius 3 is 2.81 bits per heavy atom. The second-order valence-electron chi connectivity index (χ2n) is 3.16. The summed E-state index contributed by atoms with van der Waals surface area (Å²) in [5.41, 5.74) is -0.0384. The van der Waals surface area contributed by atoms with E-state index in [0.717, 1.165) is 6.26 Å². The number of sulfone groups is 1.